The maximum absolute atomic E-state index is 14.2. The molecule has 4 aromatic rings. The van der Waals surface area contributed by atoms with Gasteiger partial charge in [-0.1, -0.05) is 12.1 Å². The van der Waals surface area contributed by atoms with Gasteiger partial charge < -0.3 is 10.6 Å². The van der Waals surface area contributed by atoms with Crippen LogP contribution in [0.1, 0.15) is 11.1 Å². The summed E-state index contributed by atoms with van der Waals surface area (Å²) in [6.45, 7) is 3.57. The summed E-state index contributed by atoms with van der Waals surface area (Å²) in [4.78, 5) is 8.49. The lowest BCUT2D eigenvalue weighted by Gasteiger charge is -2.13. The lowest BCUT2D eigenvalue weighted by Crippen LogP contribution is -2.05. The average molecular weight is 368 g/mol. The van der Waals surface area contributed by atoms with Crippen molar-refractivity contribution < 1.29 is 13.4 Å². The van der Waals surface area contributed by atoms with Crippen molar-refractivity contribution >= 4 is 34.3 Å². The zero-order chi connectivity index (χ0) is 19.0. The van der Waals surface area contributed by atoms with Gasteiger partial charge >= 0.3 is 0 Å². The maximum atomic E-state index is 14.2. The first-order valence-corrected chi connectivity index (χ1v) is 8.06. The van der Waals surface area contributed by atoms with Crippen molar-refractivity contribution in [3.05, 3.63) is 59.2 Å². The van der Waals surface area contributed by atoms with E-state index < -0.39 is 11.6 Å². The first kappa shape index (κ1) is 16.8. The van der Waals surface area contributed by atoms with Crippen LogP contribution in [-0.2, 0) is 0 Å². The fourth-order valence-corrected chi connectivity index (χ4v) is 2.51. The van der Waals surface area contributed by atoms with Crippen molar-refractivity contribution in [2.45, 2.75) is 13.8 Å². The normalized spacial score (nSPS) is 11.0. The lowest BCUT2D eigenvalue weighted by molar-refractivity contribution is 0.314. The Morgan fingerprint density at radius 1 is 0.741 bits per heavy atom. The van der Waals surface area contributed by atoms with E-state index in [4.69, 9.17) is 0 Å². The minimum absolute atomic E-state index is 0.139. The van der Waals surface area contributed by atoms with Crippen molar-refractivity contribution in [2.75, 3.05) is 10.6 Å². The quantitative estimate of drug-likeness (QED) is 0.552. The van der Waals surface area contributed by atoms with Gasteiger partial charge in [-0.25, -0.2) is 23.4 Å². The fraction of sp³-hybridized carbons (Fsp3) is 0.111. The van der Waals surface area contributed by atoms with Gasteiger partial charge in [0.1, 0.15) is 11.6 Å². The maximum Gasteiger partial charge on any atom is 0.245 e. The molecular formula is C18H14F2N6O. The molecule has 0 saturated heterocycles. The van der Waals surface area contributed by atoms with Crippen molar-refractivity contribution in [2.24, 2.45) is 0 Å². The van der Waals surface area contributed by atoms with Crippen molar-refractivity contribution in [3.63, 3.8) is 0 Å². The number of halogens is 2. The molecule has 0 atom stereocenters. The second-order valence-electron chi connectivity index (χ2n) is 6.05. The topological polar surface area (TPSA) is 88.8 Å². The molecule has 4 rings (SSSR count). The number of nitrogens with zero attached hydrogens (tertiary/aromatic N) is 4. The highest BCUT2D eigenvalue weighted by Gasteiger charge is 2.16. The van der Waals surface area contributed by atoms with Crippen LogP contribution in [-0.4, -0.2) is 20.3 Å². The second kappa shape index (κ2) is 6.60. The Morgan fingerprint density at radius 3 is 1.59 bits per heavy atom. The number of aryl methyl sites for hydroxylation is 2. The Bertz CT molecular complexity index is 1060. The van der Waals surface area contributed by atoms with E-state index in [1.165, 1.54) is 12.1 Å². The molecule has 9 heteroatoms. The van der Waals surface area contributed by atoms with Gasteiger partial charge in [0.25, 0.3) is 0 Å². The van der Waals surface area contributed by atoms with E-state index in [0.717, 1.165) is 11.1 Å². The van der Waals surface area contributed by atoms with E-state index >= 15 is 0 Å². The third-order valence-electron chi connectivity index (χ3n) is 3.87. The molecule has 0 spiro atoms. The first-order chi connectivity index (χ1) is 13.0. The van der Waals surface area contributed by atoms with E-state index in [9.17, 15) is 8.78 Å². The van der Waals surface area contributed by atoms with Crippen LogP contribution in [0.4, 0.5) is 31.8 Å². The van der Waals surface area contributed by atoms with E-state index in [2.05, 4.69) is 35.5 Å². The van der Waals surface area contributed by atoms with Crippen LogP contribution in [0.25, 0.3) is 11.3 Å². The molecule has 2 N–H and O–H groups in total. The minimum Gasteiger partial charge on any atom is -0.335 e. The number of nitrogens with one attached hydrogen (secondary N) is 2. The highest BCUT2D eigenvalue weighted by atomic mass is 19.1. The van der Waals surface area contributed by atoms with Crippen molar-refractivity contribution in [1.29, 1.82) is 0 Å². The Kier molecular flexibility index (Phi) is 4.11. The van der Waals surface area contributed by atoms with Gasteiger partial charge in [0.05, 0.1) is 11.4 Å². The summed E-state index contributed by atoms with van der Waals surface area (Å²) in [7, 11) is 0. The highest BCUT2D eigenvalue weighted by Crippen LogP contribution is 2.29. The third kappa shape index (κ3) is 3.39. The number of hydrogen-bond donors (Lipinski definition) is 2. The molecule has 0 aliphatic rings. The molecule has 0 fully saturated rings. The summed E-state index contributed by atoms with van der Waals surface area (Å²) >= 11 is 0. The SMILES string of the molecule is Cc1ccc(Nc2nc3nonc3nc2Nc2ccc(C)cc2F)c(F)c1. The number of aromatic nitrogens is 4. The summed E-state index contributed by atoms with van der Waals surface area (Å²) in [6.07, 6.45) is 0. The number of rotatable bonds is 4. The van der Waals surface area contributed by atoms with Crippen molar-refractivity contribution in [3.8, 4) is 0 Å². The summed E-state index contributed by atoms with van der Waals surface area (Å²) in [5.74, 6) is -0.605. The highest BCUT2D eigenvalue weighted by molar-refractivity contribution is 5.79. The zero-order valence-electron chi connectivity index (χ0n) is 14.4. The number of benzene rings is 2. The molecule has 0 radical (unpaired) electrons. The van der Waals surface area contributed by atoms with Crippen LogP contribution in [0.5, 0.6) is 0 Å². The predicted octanol–water partition coefficient (Wildman–Crippen LogP) is 4.40. The minimum atomic E-state index is -0.456. The molecule has 2 aromatic heterocycles. The Morgan fingerprint density at radius 2 is 1.19 bits per heavy atom. The van der Waals surface area contributed by atoms with Gasteiger partial charge in [0.15, 0.2) is 11.6 Å². The van der Waals surface area contributed by atoms with Gasteiger partial charge in [-0.15, -0.1) is 0 Å². The first-order valence-electron chi connectivity index (χ1n) is 8.06. The molecule has 136 valence electrons. The Labute approximate surface area is 152 Å². The molecule has 0 unspecified atom stereocenters. The molecule has 0 saturated carbocycles. The smallest absolute Gasteiger partial charge is 0.245 e. The Balaban J connectivity index is 1.77. The van der Waals surface area contributed by atoms with Gasteiger partial charge in [-0.2, -0.15) is 0 Å². The van der Waals surface area contributed by atoms with Gasteiger partial charge in [-0.05, 0) is 59.6 Å². The number of fused-ring (bicyclic) bond motifs is 1. The summed E-state index contributed by atoms with van der Waals surface area (Å²) in [5, 5.41) is 13.0. The van der Waals surface area contributed by atoms with Gasteiger partial charge in [0.2, 0.25) is 11.3 Å². The average Bonchev–Trinajstić information content (AvgIpc) is 3.07. The van der Waals surface area contributed by atoms with Crippen molar-refractivity contribution in [1.82, 2.24) is 20.3 Å². The van der Waals surface area contributed by atoms with Crippen LogP contribution in [0, 0.1) is 25.5 Å². The van der Waals surface area contributed by atoms with E-state index in [-0.39, 0.29) is 34.3 Å². The summed E-state index contributed by atoms with van der Waals surface area (Å²) in [5.41, 5.74) is 2.22. The van der Waals surface area contributed by atoms with Crippen LogP contribution in [0.15, 0.2) is 41.0 Å². The van der Waals surface area contributed by atoms with Gasteiger partial charge in [0, 0.05) is 0 Å². The Hall–Kier alpha value is -3.62. The van der Waals surface area contributed by atoms with Gasteiger partial charge in [-0.3, -0.25) is 0 Å². The summed E-state index contributed by atoms with van der Waals surface area (Å²) < 4.78 is 33.1. The molecule has 0 amide bonds. The molecule has 2 aromatic carbocycles. The standard InChI is InChI=1S/C18H14F2N6O/c1-9-3-5-13(11(19)7-9)21-15-16(24-18-17(23-15)25-27-26-18)22-14-6-4-10(2)8-12(14)20/h3-8H,1-2H3,(H,21,23,25)(H,22,24,26). The molecule has 7 nitrogen and oxygen atoms in total. The van der Waals surface area contributed by atoms with Crippen LogP contribution < -0.4 is 10.6 Å². The molecule has 2 heterocycles. The molecule has 27 heavy (non-hydrogen) atoms. The summed E-state index contributed by atoms with van der Waals surface area (Å²) in [6, 6.07) is 9.43. The predicted molar refractivity (Wildman–Crippen MR) is 96.2 cm³/mol. The van der Waals surface area contributed by atoms with Crippen LogP contribution in [0.3, 0.4) is 0 Å². The van der Waals surface area contributed by atoms with E-state index in [0.29, 0.717) is 0 Å². The molecule has 0 aliphatic carbocycles. The third-order valence-corrected chi connectivity index (χ3v) is 3.87. The number of anilines is 4. The fourth-order valence-electron chi connectivity index (χ4n) is 2.51. The molecular weight excluding hydrogens is 354 g/mol. The van der Waals surface area contributed by atoms with Crippen LogP contribution in [0.2, 0.25) is 0 Å². The molecule has 0 aliphatic heterocycles. The van der Waals surface area contributed by atoms with E-state index in [1.807, 2.05) is 0 Å². The zero-order valence-corrected chi connectivity index (χ0v) is 14.4. The largest absolute Gasteiger partial charge is 0.335 e. The van der Waals surface area contributed by atoms with Crippen LogP contribution >= 0.6 is 0 Å². The number of hydrogen-bond acceptors (Lipinski definition) is 7. The monoisotopic (exact) mass is 368 g/mol. The molecule has 0 bridgehead atoms. The lowest BCUT2D eigenvalue weighted by atomic mass is 10.2. The van der Waals surface area contributed by atoms with E-state index in [1.54, 1.807) is 38.1 Å². The second-order valence-corrected chi connectivity index (χ2v) is 6.05.